The molecule has 1 heterocycles. The highest BCUT2D eigenvalue weighted by Gasteiger charge is 2.23. The molecule has 1 aliphatic heterocycles. The molecule has 0 aromatic heterocycles. The third kappa shape index (κ3) is 5.10. The molecule has 11 nitrogen and oxygen atoms in total. The van der Waals surface area contributed by atoms with Crippen LogP contribution in [0.25, 0.3) is 0 Å². The number of carbonyl (C=O) groups is 1. The minimum absolute atomic E-state index is 0.0273. The van der Waals surface area contributed by atoms with E-state index in [1.807, 2.05) is 30.3 Å². The van der Waals surface area contributed by atoms with Crippen molar-refractivity contribution in [3.63, 3.8) is 0 Å². The standard InChI is InChI=1S/C23H19N3O8/c27-23(33-13-18-9-19(25(28)29)8-17-12-32-14-34-22(17)18)16-6-7-20(21(10-16)26(30)31)24-11-15-4-2-1-3-5-15/h1-10,24H,11-14H2. The summed E-state index contributed by atoms with van der Waals surface area (Å²) in [5.41, 5.74) is 1.47. The number of benzene rings is 3. The summed E-state index contributed by atoms with van der Waals surface area (Å²) in [5.74, 6) is -0.457. The molecule has 0 saturated carbocycles. The SMILES string of the molecule is O=C(OCc1cc([N+](=O)[O-])cc2c1OCOC2)c1ccc(NCc2ccccc2)c([N+](=O)[O-])c1. The molecule has 174 valence electrons. The summed E-state index contributed by atoms with van der Waals surface area (Å²) in [5, 5.41) is 25.8. The Morgan fingerprint density at radius 1 is 1.03 bits per heavy atom. The normalized spacial score (nSPS) is 12.2. The number of nitro benzene ring substituents is 2. The van der Waals surface area contributed by atoms with E-state index in [2.05, 4.69) is 5.32 Å². The Morgan fingerprint density at radius 3 is 2.56 bits per heavy atom. The van der Waals surface area contributed by atoms with E-state index < -0.39 is 15.8 Å². The molecule has 0 spiro atoms. The number of hydrogen-bond donors (Lipinski definition) is 1. The number of esters is 1. The van der Waals surface area contributed by atoms with Crippen LogP contribution in [0.2, 0.25) is 0 Å². The van der Waals surface area contributed by atoms with Gasteiger partial charge in [0.15, 0.2) is 6.79 Å². The average Bonchev–Trinajstić information content (AvgIpc) is 2.86. The predicted octanol–water partition coefficient (Wildman–Crippen LogP) is 4.34. The van der Waals surface area contributed by atoms with Crippen LogP contribution >= 0.6 is 0 Å². The molecule has 3 aromatic rings. The van der Waals surface area contributed by atoms with Crippen molar-refractivity contribution in [1.29, 1.82) is 0 Å². The lowest BCUT2D eigenvalue weighted by Gasteiger charge is -2.20. The van der Waals surface area contributed by atoms with Crippen LogP contribution in [0.5, 0.6) is 5.75 Å². The number of carbonyl (C=O) groups excluding carboxylic acids is 1. The number of fused-ring (bicyclic) bond motifs is 1. The zero-order valence-corrected chi connectivity index (χ0v) is 17.8. The quantitative estimate of drug-likeness (QED) is 0.292. The number of rotatable bonds is 8. The number of nitrogens with one attached hydrogen (secondary N) is 1. The zero-order chi connectivity index (χ0) is 24.1. The topological polar surface area (TPSA) is 143 Å². The fourth-order valence-electron chi connectivity index (χ4n) is 3.47. The summed E-state index contributed by atoms with van der Waals surface area (Å²) in [4.78, 5) is 34.2. The van der Waals surface area contributed by atoms with E-state index in [0.29, 0.717) is 23.4 Å². The smallest absolute Gasteiger partial charge is 0.338 e. The number of nitro groups is 2. The van der Waals surface area contributed by atoms with Gasteiger partial charge in [-0.15, -0.1) is 0 Å². The molecular formula is C23H19N3O8. The van der Waals surface area contributed by atoms with Crippen LogP contribution in [0.15, 0.2) is 60.7 Å². The summed E-state index contributed by atoms with van der Waals surface area (Å²) in [7, 11) is 0. The molecule has 1 N–H and O–H groups in total. The molecule has 3 aromatic carbocycles. The lowest BCUT2D eigenvalue weighted by Crippen LogP contribution is -2.15. The van der Waals surface area contributed by atoms with Crippen LogP contribution in [-0.2, 0) is 29.2 Å². The zero-order valence-electron chi connectivity index (χ0n) is 17.8. The Morgan fingerprint density at radius 2 is 1.82 bits per heavy atom. The van der Waals surface area contributed by atoms with Gasteiger partial charge in [-0.05, 0) is 17.7 Å². The maximum absolute atomic E-state index is 12.6. The predicted molar refractivity (Wildman–Crippen MR) is 119 cm³/mol. The van der Waals surface area contributed by atoms with Gasteiger partial charge in [-0.25, -0.2) is 4.79 Å². The lowest BCUT2D eigenvalue weighted by atomic mass is 10.1. The van der Waals surface area contributed by atoms with E-state index in [1.165, 1.54) is 24.3 Å². The van der Waals surface area contributed by atoms with Gasteiger partial charge < -0.3 is 19.5 Å². The number of anilines is 1. The third-order valence-electron chi connectivity index (χ3n) is 5.10. The molecule has 0 fully saturated rings. The van der Waals surface area contributed by atoms with Crippen LogP contribution in [0.1, 0.15) is 27.0 Å². The van der Waals surface area contributed by atoms with Gasteiger partial charge in [0, 0.05) is 35.9 Å². The first-order valence-electron chi connectivity index (χ1n) is 10.2. The molecule has 0 radical (unpaired) electrons. The maximum atomic E-state index is 12.6. The van der Waals surface area contributed by atoms with Gasteiger partial charge in [0.1, 0.15) is 18.0 Å². The highest BCUT2D eigenvalue weighted by molar-refractivity contribution is 5.91. The second-order valence-corrected chi connectivity index (χ2v) is 7.37. The van der Waals surface area contributed by atoms with Gasteiger partial charge in [-0.1, -0.05) is 30.3 Å². The van der Waals surface area contributed by atoms with Crippen LogP contribution in [0, 0.1) is 20.2 Å². The number of ether oxygens (including phenoxy) is 3. The van der Waals surface area contributed by atoms with Gasteiger partial charge in [0.2, 0.25) is 0 Å². The van der Waals surface area contributed by atoms with Gasteiger partial charge in [-0.3, -0.25) is 20.2 Å². The molecule has 0 atom stereocenters. The Kier molecular flexibility index (Phi) is 6.64. The summed E-state index contributed by atoms with van der Waals surface area (Å²) >= 11 is 0. The van der Waals surface area contributed by atoms with Crippen molar-refractivity contribution < 1.29 is 28.9 Å². The summed E-state index contributed by atoms with van der Waals surface area (Å²) in [6, 6.07) is 15.9. The molecule has 0 bridgehead atoms. The van der Waals surface area contributed by atoms with Gasteiger partial charge >= 0.3 is 5.97 Å². The summed E-state index contributed by atoms with van der Waals surface area (Å²) in [6.07, 6.45) is 0. The Labute approximate surface area is 193 Å². The fourth-order valence-corrected chi connectivity index (χ4v) is 3.47. The second-order valence-electron chi connectivity index (χ2n) is 7.37. The van der Waals surface area contributed by atoms with Crippen molar-refractivity contribution in [2.45, 2.75) is 19.8 Å². The summed E-state index contributed by atoms with van der Waals surface area (Å²) < 4.78 is 15.9. The first-order chi connectivity index (χ1) is 16.4. The van der Waals surface area contributed by atoms with Crippen molar-refractivity contribution in [3.8, 4) is 5.75 Å². The Bertz CT molecular complexity index is 1250. The highest BCUT2D eigenvalue weighted by atomic mass is 16.7. The number of nitrogens with zero attached hydrogens (tertiary/aromatic N) is 2. The molecular weight excluding hydrogens is 446 g/mol. The van der Waals surface area contributed by atoms with Gasteiger partial charge in [-0.2, -0.15) is 0 Å². The number of non-ortho nitro benzene ring substituents is 1. The molecule has 1 aliphatic rings. The molecule has 0 unspecified atom stereocenters. The van der Waals surface area contributed by atoms with E-state index in [4.69, 9.17) is 14.2 Å². The van der Waals surface area contributed by atoms with Crippen LogP contribution in [0.4, 0.5) is 17.1 Å². The van der Waals surface area contributed by atoms with Crippen LogP contribution in [-0.4, -0.2) is 22.6 Å². The van der Waals surface area contributed by atoms with Gasteiger partial charge in [0.05, 0.1) is 22.0 Å². The van der Waals surface area contributed by atoms with Crippen molar-refractivity contribution in [1.82, 2.24) is 0 Å². The average molecular weight is 465 g/mol. The van der Waals surface area contributed by atoms with E-state index in [-0.39, 0.29) is 42.6 Å². The Balaban J connectivity index is 1.50. The molecule has 0 amide bonds. The summed E-state index contributed by atoms with van der Waals surface area (Å²) in [6.45, 7) is 0.148. The minimum atomic E-state index is -0.815. The first kappa shape index (κ1) is 22.7. The fraction of sp³-hybridized carbons (Fsp3) is 0.174. The lowest BCUT2D eigenvalue weighted by molar-refractivity contribution is -0.385. The molecule has 11 heteroatoms. The largest absolute Gasteiger partial charge is 0.467 e. The second kappa shape index (κ2) is 9.96. The van der Waals surface area contributed by atoms with Crippen molar-refractivity contribution in [2.24, 2.45) is 0 Å². The van der Waals surface area contributed by atoms with E-state index >= 15 is 0 Å². The monoisotopic (exact) mass is 465 g/mol. The minimum Gasteiger partial charge on any atom is -0.467 e. The molecule has 4 rings (SSSR count). The van der Waals surface area contributed by atoms with E-state index in [1.54, 1.807) is 0 Å². The highest BCUT2D eigenvalue weighted by Crippen LogP contribution is 2.33. The Hall–Kier alpha value is -4.51. The van der Waals surface area contributed by atoms with Crippen LogP contribution < -0.4 is 10.1 Å². The van der Waals surface area contributed by atoms with Crippen LogP contribution in [0.3, 0.4) is 0 Å². The first-order valence-corrected chi connectivity index (χ1v) is 10.2. The van der Waals surface area contributed by atoms with Crippen molar-refractivity contribution in [3.05, 3.63) is 103 Å². The third-order valence-corrected chi connectivity index (χ3v) is 5.10. The molecule has 0 aliphatic carbocycles. The van der Waals surface area contributed by atoms with E-state index in [9.17, 15) is 25.0 Å². The molecule has 34 heavy (non-hydrogen) atoms. The van der Waals surface area contributed by atoms with Crippen molar-refractivity contribution >= 4 is 23.0 Å². The van der Waals surface area contributed by atoms with E-state index in [0.717, 1.165) is 11.6 Å². The molecule has 0 saturated heterocycles. The number of hydrogen-bond acceptors (Lipinski definition) is 9. The van der Waals surface area contributed by atoms with Gasteiger partial charge in [0.25, 0.3) is 11.4 Å². The maximum Gasteiger partial charge on any atom is 0.338 e. The van der Waals surface area contributed by atoms with Crippen molar-refractivity contribution in [2.75, 3.05) is 12.1 Å².